The van der Waals surface area contributed by atoms with Crippen LogP contribution < -0.4 is 10.1 Å². The maximum atomic E-state index is 12.1. The van der Waals surface area contributed by atoms with E-state index < -0.39 is 18.1 Å². The summed E-state index contributed by atoms with van der Waals surface area (Å²) in [5.74, 6) is -0.307. The average molecular weight is 436 g/mol. The number of amides is 3. The van der Waals surface area contributed by atoms with Crippen molar-refractivity contribution in [3.8, 4) is 5.75 Å². The molecule has 0 heterocycles. The summed E-state index contributed by atoms with van der Waals surface area (Å²) in [6, 6.07) is 5.79. The Balaban J connectivity index is 2.45. The first-order valence-electron chi connectivity index (χ1n) is 10.2. The molecule has 1 rings (SSSR count). The molecule has 0 aliphatic heterocycles. The molecule has 1 aromatic carbocycles. The Morgan fingerprint density at radius 1 is 0.968 bits per heavy atom. The quantitative estimate of drug-likeness (QED) is 0.446. The monoisotopic (exact) mass is 435 g/mol. The highest BCUT2D eigenvalue weighted by molar-refractivity contribution is 5.85. The molecule has 9 nitrogen and oxygen atoms in total. The fourth-order valence-electron chi connectivity index (χ4n) is 2.39. The second-order valence-electron chi connectivity index (χ2n) is 7.87. The Kier molecular flexibility index (Phi) is 10.5. The number of hydrogen-bond acceptors (Lipinski definition) is 6. The topological polar surface area (TPSA) is 105 Å². The number of carbonyl (C=O) groups is 4. The molecule has 172 valence electrons. The third kappa shape index (κ3) is 9.97. The van der Waals surface area contributed by atoms with Crippen molar-refractivity contribution < 1.29 is 28.7 Å². The van der Waals surface area contributed by atoms with Crippen LogP contribution in [0.5, 0.6) is 5.75 Å². The van der Waals surface area contributed by atoms with E-state index in [1.54, 1.807) is 45.3 Å². The van der Waals surface area contributed by atoms with Gasteiger partial charge in [0.15, 0.2) is 0 Å². The van der Waals surface area contributed by atoms with Crippen LogP contribution in [0.2, 0.25) is 0 Å². The van der Waals surface area contributed by atoms with Crippen molar-refractivity contribution in [3.63, 3.8) is 0 Å². The predicted octanol–water partition coefficient (Wildman–Crippen LogP) is 2.19. The van der Waals surface area contributed by atoms with E-state index in [4.69, 9.17) is 9.47 Å². The summed E-state index contributed by atoms with van der Waals surface area (Å²) in [5.41, 5.74) is 0.723. The molecule has 0 fully saturated rings. The summed E-state index contributed by atoms with van der Waals surface area (Å²) in [5, 5.41) is 2.61. The number of benzene rings is 1. The van der Waals surface area contributed by atoms with Gasteiger partial charge in [0.05, 0.1) is 0 Å². The molecule has 1 aromatic rings. The highest BCUT2D eigenvalue weighted by atomic mass is 16.6. The molecule has 0 bridgehead atoms. The summed E-state index contributed by atoms with van der Waals surface area (Å²) >= 11 is 0. The Morgan fingerprint density at radius 3 is 2.10 bits per heavy atom. The molecule has 0 radical (unpaired) electrons. The van der Waals surface area contributed by atoms with Crippen LogP contribution in [0.4, 0.5) is 4.79 Å². The highest BCUT2D eigenvalue weighted by Crippen LogP contribution is 2.14. The van der Waals surface area contributed by atoms with Gasteiger partial charge < -0.3 is 24.6 Å². The van der Waals surface area contributed by atoms with Crippen LogP contribution in [-0.2, 0) is 25.7 Å². The van der Waals surface area contributed by atoms with Gasteiger partial charge in [0.25, 0.3) is 0 Å². The lowest BCUT2D eigenvalue weighted by molar-refractivity contribution is -0.139. The average Bonchev–Trinajstić information content (AvgIpc) is 2.69. The molecule has 0 unspecified atom stereocenters. The van der Waals surface area contributed by atoms with E-state index in [-0.39, 0.29) is 24.3 Å². The molecule has 0 aliphatic rings. The minimum absolute atomic E-state index is 0.0572. The van der Waals surface area contributed by atoms with Crippen molar-refractivity contribution in [2.24, 2.45) is 5.92 Å². The molecule has 0 spiro atoms. The Hall–Kier alpha value is -3.10. The zero-order chi connectivity index (χ0) is 23.6. The van der Waals surface area contributed by atoms with Crippen molar-refractivity contribution in [2.45, 2.75) is 46.8 Å². The SMILES string of the molecule is CC(=O)N(C)CCN(C)C(=O)OCc1ccc(OC(=O)[C@H](C)NC(=O)CC(C)C)cc1. The van der Waals surface area contributed by atoms with E-state index in [9.17, 15) is 19.2 Å². The normalized spacial score (nSPS) is 11.5. The van der Waals surface area contributed by atoms with E-state index in [2.05, 4.69) is 5.32 Å². The molecule has 9 heteroatoms. The van der Waals surface area contributed by atoms with Gasteiger partial charge in [-0.25, -0.2) is 9.59 Å². The zero-order valence-corrected chi connectivity index (χ0v) is 19.1. The van der Waals surface area contributed by atoms with E-state index in [1.807, 2.05) is 13.8 Å². The van der Waals surface area contributed by atoms with Gasteiger partial charge in [-0.2, -0.15) is 0 Å². The minimum Gasteiger partial charge on any atom is -0.445 e. The number of likely N-dealkylation sites (N-methyl/N-ethyl adjacent to an activating group) is 2. The van der Waals surface area contributed by atoms with Gasteiger partial charge in [-0.1, -0.05) is 26.0 Å². The van der Waals surface area contributed by atoms with Gasteiger partial charge in [0.1, 0.15) is 18.4 Å². The van der Waals surface area contributed by atoms with Crippen molar-refractivity contribution >= 4 is 23.9 Å². The molecule has 1 atom stereocenters. The van der Waals surface area contributed by atoms with Crippen LogP contribution in [0.25, 0.3) is 0 Å². The van der Waals surface area contributed by atoms with E-state index in [0.717, 1.165) is 5.56 Å². The van der Waals surface area contributed by atoms with Crippen LogP contribution in [0.3, 0.4) is 0 Å². The number of nitrogens with zero attached hydrogens (tertiary/aromatic N) is 2. The fourth-order valence-corrected chi connectivity index (χ4v) is 2.39. The van der Waals surface area contributed by atoms with Gasteiger partial charge >= 0.3 is 12.1 Å². The van der Waals surface area contributed by atoms with Crippen molar-refractivity contribution in [3.05, 3.63) is 29.8 Å². The summed E-state index contributed by atoms with van der Waals surface area (Å²) in [7, 11) is 3.26. The third-order valence-corrected chi connectivity index (χ3v) is 4.45. The minimum atomic E-state index is -0.760. The number of esters is 1. The van der Waals surface area contributed by atoms with Crippen LogP contribution >= 0.6 is 0 Å². The Bertz CT molecular complexity index is 763. The summed E-state index contributed by atoms with van der Waals surface area (Å²) < 4.78 is 10.5. The van der Waals surface area contributed by atoms with Crippen LogP contribution in [0, 0.1) is 5.92 Å². The van der Waals surface area contributed by atoms with Gasteiger partial charge in [0, 0.05) is 40.5 Å². The molecule has 1 N–H and O–H groups in total. The molecule has 0 saturated heterocycles. The van der Waals surface area contributed by atoms with Crippen molar-refractivity contribution in [1.82, 2.24) is 15.1 Å². The highest BCUT2D eigenvalue weighted by Gasteiger charge is 2.18. The van der Waals surface area contributed by atoms with E-state index in [0.29, 0.717) is 25.3 Å². The van der Waals surface area contributed by atoms with Crippen molar-refractivity contribution in [1.29, 1.82) is 0 Å². The van der Waals surface area contributed by atoms with Gasteiger partial charge in [-0.05, 0) is 30.5 Å². The molecular formula is C22H33N3O6. The largest absolute Gasteiger partial charge is 0.445 e. The lowest BCUT2D eigenvalue weighted by Crippen LogP contribution is -2.41. The van der Waals surface area contributed by atoms with Gasteiger partial charge in [-0.3, -0.25) is 9.59 Å². The fraction of sp³-hybridized carbons (Fsp3) is 0.545. The maximum absolute atomic E-state index is 12.1. The second kappa shape index (κ2) is 12.6. The third-order valence-electron chi connectivity index (χ3n) is 4.45. The standard InChI is InChI=1S/C22H33N3O6/c1-15(2)13-20(27)23-16(3)21(28)31-19-9-7-18(8-10-19)14-30-22(29)25(6)12-11-24(5)17(4)26/h7-10,15-16H,11-14H2,1-6H3,(H,23,27)/t16-/m0/s1. The molecular weight excluding hydrogens is 402 g/mol. The summed E-state index contributed by atoms with van der Waals surface area (Å²) in [6.07, 6.45) is -0.161. The predicted molar refractivity (Wildman–Crippen MR) is 115 cm³/mol. The van der Waals surface area contributed by atoms with E-state index >= 15 is 0 Å². The number of nitrogens with one attached hydrogen (secondary N) is 1. The second-order valence-corrected chi connectivity index (χ2v) is 7.87. The van der Waals surface area contributed by atoms with Gasteiger partial charge in [0.2, 0.25) is 11.8 Å². The van der Waals surface area contributed by atoms with Crippen LogP contribution in [0.1, 0.15) is 39.7 Å². The number of ether oxygens (including phenoxy) is 2. The van der Waals surface area contributed by atoms with Crippen LogP contribution in [0.15, 0.2) is 24.3 Å². The first-order valence-corrected chi connectivity index (χ1v) is 10.2. The number of carbonyl (C=O) groups excluding carboxylic acids is 4. The van der Waals surface area contributed by atoms with Gasteiger partial charge in [-0.15, -0.1) is 0 Å². The van der Waals surface area contributed by atoms with E-state index in [1.165, 1.54) is 16.7 Å². The zero-order valence-electron chi connectivity index (χ0n) is 19.1. The first-order chi connectivity index (χ1) is 14.5. The Morgan fingerprint density at radius 2 is 1.55 bits per heavy atom. The maximum Gasteiger partial charge on any atom is 0.409 e. The number of rotatable bonds is 10. The number of hydrogen-bond donors (Lipinski definition) is 1. The van der Waals surface area contributed by atoms with Crippen LogP contribution in [-0.4, -0.2) is 66.9 Å². The smallest absolute Gasteiger partial charge is 0.409 e. The molecule has 0 aliphatic carbocycles. The summed E-state index contributed by atoms with van der Waals surface area (Å²) in [4.78, 5) is 50.0. The lowest BCUT2D eigenvalue weighted by Gasteiger charge is -2.21. The molecule has 0 aromatic heterocycles. The summed E-state index contributed by atoms with van der Waals surface area (Å²) in [6.45, 7) is 7.70. The molecule has 31 heavy (non-hydrogen) atoms. The van der Waals surface area contributed by atoms with Crippen molar-refractivity contribution in [2.75, 3.05) is 27.2 Å². The first kappa shape index (κ1) is 25.9. The molecule has 3 amide bonds. The lowest BCUT2D eigenvalue weighted by atomic mass is 10.1. The Labute approximate surface area is 183 Å². The molecule has 0 saturated carbocycles.